The molecule has 28 heavy (non-hydrogen) atoms. The maximum Gasteiger partial charge on any atom is 0.254 e. The van der Waals surface area contributed by atoms with Crippen LogP contribution in [0.4, 0.5) is 5.69 Å². The molecule has 1 unspecified atom stereocenters. The molecule has 3 heterocycles. The lowest BCUT2D eigenvalue weighted by molar-refractivity contribution is 0.0672. The van der Waals surface area contributed by atoms with Crippen LogP contribution >= 0.6 is 0 Å². The Labute approximate surface area is 162 Å². The number of likely N-dealkylation sites (tertiary alicyclic amines) is 1. The lowest BCUT2D eigenvalue weighted by Crippen LogP contribution is -2.40. The second-order valence-corrected chi connectivity index (χ2v) is 7.21. The Morgan fingerprint density at radius 1 is 1.32 bits per heavy atom. The molecule has 1 atom stereocenters. The van der Waals surface area contributed by atoms with E-state index in [1.807, 2.05) is 54.4 Å². The van der Waals surface area contributed by atoms with Gasteiger partial charge in [-0.25, -0.2) is 4.68 Å². The third-order valence-electron chi connectivity index (χ3n) is 4.93. The van der Waals surface area contributed by atoms with Crippen molar-refractivity contribution in [2.75, 3.05) is 32.1 Å². The van der Waals surface area contributed by atoms with E-state index in [0.717, 1.165) is 25.1 Å². The molecule has 1 saturated heterocycles. The van der Waals surface area contributed by atoms with Crippen molar-refractivity contribution in [1.82, 2.24) is 30.0 Å². The molecule has 0 radical (unpaired) electrons. The molecule has 0 saturated carbocycles. The minimum atomic E-state index is 0.0440. The third-order valence-corrected chi connectivity index (χ3v) is 4.93. The van der Waals surface area contributed by atoms with Crippen LogP contribution in [0.3, 0.4) is 0 Å². The number of piperidine rings is 1. The zero-order chi connectivity index (χ0) is 19.7. The van der Waals surface area contributed by atoms with Crippen LogP contribution in [-0.4, -0.2) is 63.1 Å². The Morgan fingerprint density at radius 3 is 2.93 bits per heavy atom. The maximum absolute atomic E-state index is 13.0. The maximum atomic E-state index is 13.0. The summed E-state index contributed by atoms with van der Waals surface area (Å²) >= 11 is 0. The zero-order valence-electron chi connectivity index (χ0n) is 16.2. The second kappa shape index (κ2) is 7.41. The van der Waals surface area contributed by atoms with Crippen molar-refractivity contribution in [2.24, 2.45) is 0 Å². The second-order valence-electron chi connectivity index (χ2n) is 7.21. The van der Waals surface area contributed by atoms with Crippen molar-refractivity contribution >= 4 is 11.6 Å². The van der Waals surface area contributed by atoms with Crippen LogP contribution in [0.1, 0.15) is 35.1 Å². The van der Waals surface area contributed by atoms with Gasteiger partial charge in [0.15, 0.2) is 5.69 Å². The summed E-state index contributed by atoms with van der Waals surface area (Å²) in [6.45, 7) is 3.07. The van der Waals surface area contributed by atoms with E-state index in [4.69, 9.17) is 4.52 Å². The molecular formula is C19H23N7O2. The van der Waals surface area contributed by atoms with Crippen LogP contribution in [0.25, 0.3) is 11.5 Å². The fourth-order valence-corrected chi connectivity index (χ4v) is 3.42. The molecule has 146 valence electrons. The van der Waals surface area contributed by atoms with Gasteiger partial charge in [0.1, 0.15) is 0 Å². The van der Waals surface area contributed by atoms with Crippen molar-refractivity contribution < 1.29 is 9.32 Å². The average Bonchev–Trinajstić information content (AvgIpc) is 3.37. The third kappa shape index (κ3) is 3.60. The Hall–Kier alpha value is -3.23. The van der Waals surface area contributed by atoms with E-state index < -0.39 is 0 Å². The molecule has 1 aromatic carbocycles. The molecule has 4 rings (SSSR count). The monoisotopic (exact) mass is 381 g/mol. The number of benzene rings is 1. The molecule has 0 spiro atoms. The van der Waals surface area contributed by atoms with Crippen molar-refractivity contribution in [1.29, 1.82) is 0 Å². The van der Waals surface area contributed by atoms with Gasteiger partial charge in [0.2, 0.25) is 11.7 Å². The summed E-state index contributed by atoms with van der Waals surface area (Å²) in [5, 5.41) is 12.3. The molecule has 0 N–H and O–H groups in total. The van der Waals surface area contributed by atoms with E-state index in [-0.39, 0.29) is 11.9 Å². The number of hydrogen-bond acceptors (Lipinski definition) is 7. The average molecular weight is 381 g/mol. The summed E-state index contributed by atoms with van der Waals surface area (Å²) in [7, 11) is 3.93. The summed E-state index contributed by atoms with van der Waals surface area (Å²) in [6.07, 6.45) is 3.67. The van der Waals surface area contributed by atoms with Gasteiger partial charge in [-0.2, -0.15) is 4.98 Å². The van der Waals surface area contributed by atoms with Crippen LogP contribution < -0.4 is 4.90 Å². The lowest BCUT2D eigenvalue weighted by atomic mass is 10.0. The predicted octanol–water partition coefficient (Wildman–Crippen LogP) is 2.18. The Bertz CT molecular complexity index is 978. The largest absolute Gasteiger partial charge is 0.378 e. The van der Waals surface area contributed by atoms with Crippen LogP contribution in [-0.2, 0) is 0 Å². The van der Waals surface area contributed by atoms with Gasteiger partial charge in [0.05, 0.1) is 12.2 Å². The Kier molecular flexibility index (Phi) is 4.81. The highest BCUT2D eigenvalue weighted by atomic mass is 16.5. The smallest absolute Gasteiger partial charge is 0.254 e. The summed E-state index contributed by atoms with van der Waals surface area (Å²) in [6, 6.07) is 7.78. The number of hydrogen-bond donors (Lipinski definition) is 0. The molecule has 2 aromatic heterocycles. The van der Waals surface area contributed by atoms with E-state index in [2.05, 4.69) is 20.5 Å². The van der Waals surface area contributed by atoms with Crippen molar-refractivity contribution in [2.45, 2.75) is 25.8 Å². The highest BCUT2D eigenvalue weighted by Gasteiger charge is 2.27. The van der Waals surface area contributed by atoms with Crippen LogP contribution in [0, 0.1) is 6.92 Å². The van der Waals surface area contributed by atoms with Gasteiger partial charge in [-0.15, -0.1) is 5.10 Å². The summed E-state index contributed by atoms with van der Waals surface area (Å²) in [4.78, 5) is 21.1. The van der Waals surface area contributed by atoms with Crippen LogP contribution in [0.2, 0.25) is 0 Å². The number of anilines is 1. The Balaban J connectivity index is 1.49. The standard InChI is InChI=1S/C19H23N7O2/c1-13-20-18(22-28-13)17-12-26(23-21-17)16-8-5-9-25(11-16)19(27)14-6-4-7-15(10-14)24(2)3/h4,6-7,10,12,16H,5,8-9,11H2,1-3H3. The molecule has 1 amide bonds. The van der Waals surface area contributed by atoms with E-state index >= 15 is 0 Å². The highest BCUT2D eigenvalue weighted by Crippen LogP contribution is 2.24. The van der Waals surface area contributed by atoms with Gasteiger partial charge in [-0.3, -0.25) is 4.79 Å². The number of nitrogens with zero attached hydrogens (tertiary/aromatic N) is 7. The van der Waals surface area contributed by atoms with Crippen molar-refractivity contribution in [3.05, 3.63) is 41.9 Å². The van der Waals surface area contributed by atoms with Crippen molar-refractivity contribution in [3.8, 4) is 11.5 Å². The molecule has 1 aliphatic rings. The number of carbonyl (C=O) groups is 1. The fourth-order valence-electron chi connectivity index (χ4n) is 3.42. The number of amides is 1. The van der Waals surface area contributed by atoms with E-state index in [1.54, 1.807) is 11.6 Å². The predicted molar refractivity (Wildman–Crippen MR) is 103 cm³/mol. The summed E-state index contributed by atoms with van der Waals surface area (Å²) in [5.74, 6) is 0.953. The first kappa shape index (κ1) is 18.1. The molecule has 1 fully saturated rings. The van der Waals surface area contributed by atoms with E-state index in [9.17, 15) is 4.79 Å². The fraction of sp³-hybridized carbons (Fsp3) is 0.421. The minimum Gasteiger partial charge on any atom is -0.378 e. The molecule has 0 bridgehead atoms. The summed E-state index contributed by atoms with van der Waals surface area (Å²) in [5.41, 5.74) is 2.28. The van der Waals surface area contributed by atoms with Gasteiger partial charge in [0, 0.05) is 45.4 Å². The van der Waals surface area contributed by atoms with E-state index in [0.29, 0.717) is 29.5 Å². The first-order valence-electron chi connectivity index (χ1n) is 9.30. The normalized spacial score (nSPS) is 17.0. The lowest BCUT2D eigenvalue weighted by Gasteiger charge is -2.32. The zero-order valence-corrected chi connectivity index (χ0v) is 16.2. The van der Waals surface area contributed by atoms with Crippen LogP contribution in [0.5, 0.6) is 0 Å². The highest BCUT2D eigenvalue weighted by molar-refractivity contribution is 5.95. The molecule has 3 aromatic rings. The topological polar surface area (TPSA) is 93.2 Å². The van der Waals surface area contributed by atoms with Crippen molar-refractivity contribution in [3.63, 3.8) is 0 Å². The van der Waals surface area contributed by atoms with E-state index in [1.165, 1.54) is 0 Å². The Morgan fingerprint density at radius 2 is 2.18 bits per heavy atom. The summed E-state index contributed by atoms with van der Waals surface area (Å²) < 4.78 is 6.81. The molecule has 0 aliphatic carbocycles. The molecule has 9 nitrogen and oxygen atoms in total. The van der Waals surface area contributed by atoms with Gasteiger partial charge in [0.25, 0.3) is 5.91 Å². The first-order valence-corrected chi connectivity index (χ1v) is 9.30. The first-order chi connectivity index (χ1) is 13.5. The molecule has 1 aliphatic heterocycles. The molecular weight excluding hydrogens is 358 g/mol. The SMILES string of the molecule is Cc1nc(-c2cn(C3CCCN(C(=O)c4cccc(N(C)C)c4)C3)nn2)no1. The van der Waals surface area contributed by atoms with Gasteiger partial charge in [-0.1, -0.05) is 16.4 Å². The van der Waals surface area contributed by atoms with Gasteiger partial charge in [-0.05, 0) is 31.0 Å². The molecule has 9 heteroatoms. The minimum absolute atomic E-state index is 0.0440. The van der Waals surface area contributed by atoms with Gasteiger partial charge >= 0.3 is 0 Å². The number of aryl methyl sites for hydroxylation is 1. The van der Waals surface area contributed by atoms with Crippen LogP contribution in [0.15, 0.2) is 35.0 Å². The number of rotatable bonds is 4. The number of carbonyl (C=O) groups excluding carboxylic acids is 1. The van der Waals surface area contributed by atoms with Gasteiger partial charge < -0.3 is 14.3 Å². The number of aromatic nitrogens is 5. The quantitative estimate of drug-likeness (QED) is 0.684.